The third kappa shape index (κ3) is 4.05. The van der Waals surface area contributed by atoms with Crippen molar-refractivity contribution >= 4 is 11.8 Å². The van der Waals surface area contributed by atoms with Gasteiger partial charge in [0.1, 0.15) is 5.75 Å². The third-order valence-electron chi connectivity index (χ3n) is 5.29. The van der Waals surface area contributed by atoms with Crippen molar-refractivity contribution in [3.05, 3.63) is 82.2 Å². The molecule has 1 aliphatic heterocycles. The monoisotopic (exact) mass is 404 g/mol. The molecule has 1 aromatic heterocycles. The van der Waals surface area contributed by atoms with Crippen LogP contribution in [0.25, 0.3) is 0 Å². The molecule has 2 aromatic carbocycles. The fourth-order valence-electron chi connectivity index (χ4n) is 3.68. The lowest BCUT2D eigenvalue weighted by Gasteiger charge is -2.27. The summed E-state index contributed by atoms with van der Waals surface area (Å²) in [5.41, 5.74) is 4.77. The van der Waals surface area contributed by atoms with Crippen LogP contribution in [0.4, 0.5) is 0 Å². The van der Waals surface area contributed by atoms with E-state index in [0.29, 0.717) is 43.1 Å². The molecule has 0 aliphatic carbocycles. The molecular weight excluding hydrogens is 380 g/mol. The van der Waals surface area contributed by atoms with Crippen LogP contribution >= 0.6 is 0 Å². The number of hydrogen-bond donors (Lipinski definition) is 2. The Kier molecular flexibility index (Phi) is 5.52. The molecule has 154 valence electrons. The van der Waals surface area contributed by atoms with E-state index in [4.69, 9.17) is 4.74 Å². The van der Waals surface area contributed by atoms with E-state index < -0.39 is 0 Å². The highest BCUT2D eigenvalue weighted by Gasteiger charge is 2.28. The minimum absolute atomic E-state index is 0.0909. The van der Waals surface area contributed by atoms with Crippen molar-refractivity contribution in [3.63, 3.8) is 0 Å². The van der Waals surface area contributed by atoms with Crippen molar-refractivity contribution in [3.8, 4) is 5.75 Å². The fourth-order valence-corrected chi connectivity index (χ4v) is 3.68. The molecule has 0 saturated heterocycles. The maximum absolute atomic E-state index is 13.0. The quantitative estimate of drug-likeness (QED) is 0.685. The number of ether oxygens (including phenoxy) is 1. The molecule has 7 heteroatoms. The molecule has 0 radical (unpaired) electrons. The maximum atomic E-state index is 13.0. The lowest BCUT2D eigenvalue weighted by atomic mass is 10.0. The van der Waals surface area contributed by atoms with E-state index in [1.54, 1.807) is 36.3 Å². The summed E-state index contributed by atoms with van der Waals surface area (Å²) in [5, 5.41) is 10.1. The highest BCUT2D eigenvalue weighted by atomic mass is 16.5. The summed E-state index contributed by atoms with van der Waals surface area (Å²) in [5.74, 6) is 0.301. The zero-order valence-electron chi connectivity index (χ0n) is 17.1. The molecule has 4 rings (SSSR count). The second kappa shape index (κ2) is 8.41. The van der Waals surface area contributed by atoms with Gasteiger partial charge in [0.15, 0.2) is 5.69 Å². The van der Waals surface area contributed by atoms with Crippen LogP contribution in [0.5, 0.6) is 5.75 Å². The summed E-state index contributed by atoms with van der Waals surface area (Å²) in [6.07, 6.45) is 0.628. The number of nitrogens with one attached hydrogen (secondary N) is 2. The molecule has 2 N–H and O–H groups in total. The first-order chi connectivity index (χ1) is 14.5. The second-order valence-corrected chi connectivity index (χ2v) is 7.41. The third-order valence-corrected chi connectivity index (χ3v) is 5.29. The Labute approximate surface area is 175 Å². The van der Waals surface area contributed by atoms with Crippen LogP contribution in [-0.2, 0) is 19.5 Å². The largest absolute Gasteiger partial charge is 0.497 e. The van der Waals surface area contributed by atoms with Gasteiger partial charge in [0.25, 0.3) is 11.8 Å². The van der Waals surface area contributed by atoms with E-state index in [0.717, 1.165) is 22.4 Å². The van der Waals surface area contributed by atoms with Gasteiger partial charge in [-0.2, -0.15) is 5.10 Å². The smallest absolute Gasteiger partial charge is 0.272 e. The van der Waals surface area contributed by atoms with Crippen LogP contribution in [0.15, 0.2) is 48.5 Å². The number of aromatic amines is 1. The molecule has 7 nitrogen and oxygen atoms in total. The van der Waals surface area contributed by atoms with Crippen molar-refractivity contribution in [1.82, 2.24) is 20.4 Å². The predicted octanol–water partition coefficient (Wildman–Crippen LogP) is 2.86. The van der Waals surface area contributed by atoms with Gasteiger partial charge in [-0.1, -0.05) is 35.9 Å². The number of carbonyl (C=O) groups is 2. The Hall–Kier alpha value is -3.61. The van der Waals surface area contributed by atoms with Crippen molar-refractivity contribution in [2.24, 2.45) is 0 Å². The molecule has 3 aromatic rings. The zero-order valence-corrected chi connectivity index (χ0v) is 17.1. The molecule has 0 saturated carbocycles. The molecule has 0 fully saturated rings. The van der Waals surface area contributed by atoms with Gasteiger partial charge >= 0.3 is 0 Å². The second-order valence-electron chi connectivity index (χ2n) is 7.41. The van der Waals surface area contributed by atoms with Crippen LogP contribution in [0.1, 0.15) is 43.2 Å². The van der Waals surface area contributed by atoms with Gasteiger partial charge in [-0.3, -0.25) is 14.7 Å². The van der Waals surface area contributed by atoms with E-state index in [2.05, 4.69) is 15.5 Å². The lowest BCUT2D eigenvalue weighted by molar-refractivity contribution is 0.0731. The minimum Gasteiger partial charge on any atom is -0.497 e. The number of rotatable bonds is 5. The van der Waals surface area contributed by atoms with Crippen LogP contribution in [-0.4, -0.2) is 40.6 Å². The van der Waals surface area contributed by atoms with Crippen molar-refractivity contribution < 1.29 is 14.3 Å². The van der Waals surface area contributed by atoms with Crippen LogP contribution in [0, 0.1) is 6.92 Å². The molecule has 0 unspecified atom stereocenters. The van der Waals surface area contributed by atoms with E-state index in [-0.39, 0.29) is 11.8 Å². The average molecular weight is 404 g/mol. The van der Waals surface area contributed by atoms with E-state index in [1.807, 2.05) is 31.2 Å². The number of H-pyrrole nitrogens is 1. The van der Waals surface area contributed by atoms with E-state index in [1.165, 1.54) is 0 Å². The maximum Gasteiger partial charge on any atom is 0.272 e. The number of methoxy groups -OCH3 is 1. The highest BCUT2D eigenvalue weighted by Crippen LogP contribution is 2.23. The number of amides is 2. The number of aryl methyl sites for hydroxylation is 1. The predicted molar refractivity (Wildman–Crippen MR) is 112 cm³/mol. The Morgan fingerprint density at radius 3 is 2.83 bits per heavy atom. The van der Waals surface area contributed by atoms with Gasteiger partial charge in [0, 0.05) is 36.3 Å². The first-order valence-electron chi connectivity index (χ1n) is 9.88. The van der Waals surface area contributed by atoms with Gasteiger partial charge in [0.2, 0.25) is 0 Å². The van der Waals surface area contributed by atoms with Crippen molar-refractivity contribution in [2.75, 3.05) is 13.7 Å². The Morgan fingerprint density at radius 1 is 1.20 bits per heavy atom. The van der Waals surface area contributed by atoms with Gasteiger partial charge in [-0.05, 0) is 30.7 Å². The molecule has 2 amide bonds. The Balaban J connectivity index is 1.47. The van der Waals surface area contributed by atoms with Crippen molar-refractivity contribution in [1.29, 1.82) is 0 Å². The number of nitrogens with zero attached hydrogens (tertiary/aromatic N) is 2. The number of fused-ring (bicyclic) bond motifs is 1. The van der Waals surface area contributed by atoms with Gasteiger partial charge in [0.05, 0.1) is 13.7 Å². The Bertz CT molecular complexity index is 1090. The van der Waals surface area contributed by atoms with Crippen LogP contribution in [0.3, 0.4) is 0 Å². The van der Waals surface area contributed by atoms with Gasteiger partial charge in [-0.25, -0.2) is 0 Å². The van der Waals surface area contributed by atoms with Crippen LogP contribution < -0.4 is 10.1 Å². The normalized spacial score (nSPS) is 12.9. The summed E-state index contributed by atoms with van der Waals surface area (Å²) < 4.78 is 5.22. The molecule has 2 heterocycles. The summed E-state index contributed by atoms with van der Waals surface area (Å²) in [6, 6.07) is 15.1. The summed E-state index contributed by atoms with van der Waals surface area (Å²) in [6.45, 7) is 3.35. The molecule has 30 heavy (non-hydrogen) atoms. The van der Waals surface area contributed by atoms with E-state index >= 15 is 0 Å². The number of carbonyl (C=O) groups excluding carboxylic acids is 2. The summed E-state index contributed by atoms with van der Waals surface area (Å²) in [7, 11) is 1.57. The zero-order chi connectivity index (χ0) is 21.1. The fraction of sp³-hybridized carbons (Fsp3) is 0.261. The molecule has 0 bridgehead atoms. The molecule has 0 atom stereocenters. The van der Waals surface area contributed by atoms with E-state index in [9.17, 15) is 9.59 Å². The van der Waals surface area contributed by atoms with Crippen molar-refractivity contribution in [2.45, 2.75) is 26.4 Å². The SMILES string of the molecule is COc1cccc(C(=O)N2CCc3[nH]nc(C(=O)NCc4cccc(C)c4)c3C2)c1. The number of hydrogen-bond acceptors (Lipinski definition) is 4. The van der Waals surface area contributed by atoms with Gasteiger partial charge in [-0.15, -0.1) is 0 Å². The standard InChI is InChI=1S/C23H24N4O3/c1-15-5-3-6-16(11-15)13-24-22(28)21-19-14-27(10-9-20(19)25-26-21)23(29)17-7-4-8-18(12-17)30-2/h3-8,11-12H,9-10,13-14H2,1-2H3,(H,24,28)(H,25,26). The number of aromatic nitrogens is 2. The minimum atomic E-state index is -0.246. The molecular formula is C23H24N4O3. The first kappa shape index (κ1) is 19.7. The lowest BCUT2D eigenvalue weighted by Crippen LogP contribution is -2.36. The summed E-state index contributed by atoms with van der Waals surface area (Å²) >= 11 is 0. The van der Waals surface area contributed by atoms with Gasteiger partial charge < -0.3 is 15.0 Å². The molecule has 1 aliphatic rings. The first-order valence-corrected chi connectivity index (χ1v) is 9.88. The number of benzene rings is 2. The Morgan fingerprint density at radius 2 is 2.03 bits per heavy atom. The molecule has 0 spiro atoms. The average Bonchev–Trinajstić information content (AvgIpc) is 3.20. The van der Waals surface area contributed by atoms with Crippen LogP contribution in [0.2, 0.25) is 0 Å². The summed E-state index contributed by atoms with van der Waals surface area (Å²) in [4.78, 5) is 27.5. The highest BCUT2D eigenvalue weighted by molar-refractivity contribution is 5.96. The topological polar surface area (TPSA) is 87.3 Å².